The van der Waals surface area contributed by atoms with Crippen LogP contribution in [0.4, 0.5) is 5.82 Å². The van der Waals surface area contributed by atoms with Gasteiger partial charge in [-0.3, -0.25) is 4.98 Å². The second-order valence-electron chi connectivity index (χ2n) is 7.13. The van der Waals surface area contributed by atoms with Crippen LogP contribution in [-0.4, -0.2) is 33.1 Å². The fraction of sp³-hybridized carbons (Fsp3) is 0.318. The molecular formula is C22H23ClN4O. The Morgan fingerprint density at radius 3 is 2.46 bits per heavy atom. The lowest BCUT2D eigenvalue weighted by atomic mass is 9.84. The summed E-state index contributed by atoms with van der Waals surface area (Å²) < 4.78 is 0. The van der Waals surface area contributed by atoms with E-state index in [0.717, 1.165) is 29.1 Å². The van der Waals surface area contributed by atoms with E-state index < -0.39 is 5.60 Å². The SMILES string of the molecule is CCc1cc(N2CCC(O)(c3ccccc3Cl)CC2)nc(-c2ccncc2)n1. The Morgan fingerprint density at radius 1 is 1.07 bits per heavy atom. The first kappa shape index (κ1) is 18.8. The Hall–Kier alpha value is -2.50. The zero-order valence-corrected chi connectivity index (χ0v) is 16.6. The minimum Gasteiger partial charge on any atom is -0.385 e. The molecule has 4 rings (SSSR count). The number of rotatable bonds is 4. The van der Waals surface area contributed by atoms with Gasteiger partial charge in [0.25, 0.3) is 0 Å². The molecule has 1 saturated heterocycles. The highest BCUT2D eigenvalue weighted by atomic mass is 35.5. The lowest BCUT2D eigenvalue weighted by Gasteiger charge is -2.39. The molecule has 0 amide bonds. The first-order chi connectivity index (χ1) is 13.6. The average Bonchev–Trinajstić information content (AvgIpc) is 2.75. The summed E-state index contributed by atoms with van der Waals surface area (Å²) in [4.78, 5) is 15.8. The van der Waals surface area contributed by atoms with Crippen LogP contribution < -0.4 is 4.90 Å². The van der Waals surface area contributed by atoms with Crippen LogP contribution in [0.25, 0.3) is 11.4 Å². The molecule has 1 aliphatic rings. The normalized spacial score (nSPS) is 16.2. The lowest BCUT2D eigenvalue weighted by Crippen LogP contribution is -2.43. The van der Waals surface area contributed by atoms with Crippen molar-refractivity contribution in [3.8, 4) is 11.4 Å². The van der Waals surface area contributed by atoms with E-state index in [9.17, 15) is 5.11 Å². The van der Waals surface area contributed by atoms with Gasteiger partial charge in [-0.1, -0.05) is 36.7 Å². The molecule has 2 aromatic heterocycles. The van der Waals surface area contributed by atoms with Crippen LogP contribution in [0.5, 0.6) is 0 Å². The number of hydrogen-bond acceptors (Lipinski definition) is 5. The molecule has 0 saturated carbocycles. The third-order valence-electron chi connectivity index (χ3n) is 5.36. The van der Waals surface area contributed by atoms with Crippen molar-refractivity contribution in [3.63, 3.8) is 0 Å². The number of halogens is 1. The van der Waals surface area contributed by atoms with Crippen LogP contribution >= 0.6 is 11.6 Å². The van der Waals surface area contributed by atoms with Gasteiger partial charge in [-0.25, -0.2) is 9.97 Å². The fourth-order valence-electron chi connectivity index (χ4n) is 3.67. The smallest absolute Gasteiger partial charge is 0.161 e. The van der Waals surface area contributed by atoms with Gasteiger partial charge < -0.3 is 10.0 Å². The lowest BCUT2D eigenvalue weighted by molar-refractivity contribution is 0.0117. The highest BCUT2D eigenvalue weighted by Gasteiger charge is 2.36. The number of aryl methyl sites for hydroxylation is 1. The number of piperidine rings is 1. The predicted octanol–water partition coefficient (Wildman–Crippen LogP) is 4.24. The Morgan fingerprint density at radius 2 is 1.79 bits per heavy atom. The zero-order valence-electron chi connectivity index (χ0n) is 15.8. The maximum atomic E-state index is 11.2. The maximum absolute atomic E-state index is 11.2. The van der Waals surface area contributed by atoms with Gasteiger partial charge in [0.15, 0.2) is 5.82 Å². The molecule has 5 nitrogen and oxygen atoms in total. The molecule has 0 atom stereocenters. The first-order valence-electron chi connectivity index (χ1n) is 9.60. The quantitative estimate of drug-likeness (QED) is 0.717. The molecule has 6 heteroatoms. The number of nitrogens with zero attached hydrogens (tertiary/aromatic N) is 4. The number of aliphatic hydroxyl groups is 1. The van der Waals surface area contributed by atoms with Crippen LogP contribution in [0.3, 0.4) is 0 Å². The van der Waals surface area contributed by atoms with Crippen LogP contribution in [-0.2, 0) is 12.0 Å². The van der Waals surface area contributed by atoms with Gasteiger partial charge in [-0.05, 0) is 37.5 Å². The molecule has 1 fully saturated rings. The molecule has 1 N–H and O–H groups in total. The Labute approximate surface area is 170 Å². The number of aromatic nitrogens is 3. The molecule has 28 heavy (non-hydrogen) atoms. The molecule has 0 bridgehead atoms. The number of hydrogen-bond donors (Lipinski definition) is 1. The van der Waals surface area contributed by atoms with E-state index >= 15 is 0 Å². The first-order valence-corrected chi connectivity index (χ1v) is 9.97. The Balaban J connectivity index is 1.59. The van der Waals surface area contributed by atoms with Crippen LogP contribution in [0.1, 0.15) is 31.0 Å². The molecule has 0 radical (unpaired) electrons. The summed E-state index contributed by atoms with van der Waals surface area (Å²) in [5.74, 6) is 1.61. The maximum Gasteiger partial charge on any atom is 0.161 e. The topological polar surface area (TPSA) is 62.1 Å². The number of anilines is 1. The number of benzene rings is 1. The summed E-state index contributed by atoms with van der Waals surface area (Å²) in [6.07, 6.45) is 5.55. The third-order valence-corrected chi connectivity index (χ3v) is 5.69. The molecule has 3 aromatic rings. The molecule has 0 unspecified atom stereocenters. The van der Waals surface area contributed by atoms with Crippen molar-refractivity contribution in [1.82, 2.24) is 15.0 Å². The predicted molar refractivity (Wildman–Crippen MR) is 111 cm³/mol. The van der Waals surface area contributed by atoms with E-state index in [2.05, 4.69) is 21.8 Å². The van der Waals surface area contributed by atoms with E-state index in [1.807, 2.05) is 42.5 Å². The standard InChI is InChI=1S/C22H23ClN4O/c1-2-17-15-20(26-21(25-17)16-7-11-24-12-8-16)27-13-9-22(28,10-14-27)18-5-3-4-6-19(18)23/h3-8,11-12,15,28H,2,9-10,13-14H2,1H3. The molecule has 0 aliphatic carbocycles. The van der Waals surface area contributed by atoms with Gasteiger partial charge in [-0.2, -0.15) is 0 Å². The summed E-state index contributed by atoms with van der Waals surface area (Å²) in [7, 11) is 0. The highest BCUT2D eigenvalue weighted by Crippen LogP contribution is 2.37. The van der Waals surface area contributed by atoms with Gasteiger partial charge in [0, 0.05) is 53.4 Å². The summed E-state index contributed by atoms with van der Waals surface area (Å²) in [5.41, 5.74) is 1.87. The summed E-state index contributed by atoms with van der Waals surface area (Å²) in [6, 6.07) is 13.4. The van der Waals surface area contributed by atoms with Crippen molar-refractivity contribution in [3.05, 3.63) is 71.1 Å². The fourth-order valence-corrected chi connectivity index (χ4v) is 3.98. The van der Waals surface area contributed by atoms with E-state index in [4.69, 9.17) is 16.6 Å². The molecule has 1 aliphatic heterocycles. The van der Waals surface area contributed by atoms with E-state index in [0.29, 0.717) is 36.8 Å². The minimum atomic E-state index is -0.899. The van der Waals surface area contributed by atoms with Crippen LogP contribution in [0.15, 0.2) is 54.9 Å². The number of pyridine rings is 1. The largest absolute Gasteiger partial charge is 0.385 e. The van der Waals surface area contributed by atoms with Gasteiger partial charge in [0.1, 0.15) is 5.82 Å². The second kappa shape index (κ2) is 7.86. The van der Waals surface area contributed by atoms with Crippen LogP contribution in [0.2, 0.25) is 5.02 Å². The average molecular weight is 395 g/mol. The Kier molecular flexibility index (Phi) is 5.29. The van der Waals surface area contributed by atoms with Crippen molar-refractivity contribution >= 4 is 17.4 Å². The third kappa shape index (κ3) is 3.73. The van der Waals surface area contributed by atoms with E-state index in [-0.39, 0.29) is 0 Å². The van der Waals surface area contributed by atoms with Gasteiger partial charge in [0.05, 0.1) is 5.60 Å². The van der Waals surface area contributed by atoms with E-state index in [1.165, 1.54) is 0 Å². The molecule has 1 aromatic carbocycles. The monoisotopic (exact) mass is 394 g/mol. The molecular weight excluding hydrogens is 372 g/mol. The highest BCUT2D eigenvalue weighted by molar-refractivity contribution is 6.31. The minimum absolute atomic E-state index is 0.604. The molecule has 3 heterocycles. The second-order valence-corrected chi connectivity index (χ2v) is 7.54. The summed E-state index contributed by atoms with van der Waals surface area (Å²) >= 11 is 6.33. The van der Waals surface area contributed by atoms with Crippen molar-refractivity contribution < 1.29 is 5.11 Å². The van der Waals surface area contributed by atoms with Crippen molar-refractivity contribution in [1.29, 1.82) is 0 Å². The zero-order chi connectivity index (χ0) is 19.6. The van der Waals surface area contributed by atoms with Gasteiger partial charge in [-0.15, -0.1) is 0 Å². The summed E-state index contributed by atoms with van der Waals surface area (Å²) in [5, 5.41) is 11.8. The Bertz CT molecular complexity index is 956. The van der Waals surface area contributed by atoms with Crippen molar-refractivity contribution in [2.45, 2.75) is 31.8 Å². The molecule has 144 valence electrons. The van der Waals surface area contributed by atoms with E-state index in [1.54, 1.807) is 12.4 Å². The van der Waals surface area contributed by atoms with Crippen molar-refractivity contribution in [2.75, 3.05) is 18.0 Å². The molecule has 0 spiro atoms. The van der Waals surface area contributed by atoms with Crippen molar-refractivity contribution in [2.24, 2.45) is 0 Å². The summed E-state index contributed by atoms with van der Waals surface area (Å²) in [6.45, 7) is 3.50. The van der Waals surface area contributed by atoms with Crippen LogP contribution in [0, 0.1) is 0 Å². The van der Waals surface area contributed by atoms with Gasteiger partial charge in [0.2, 0.25) is 0 Å². The van der Waals surface area contributed by atoms with Gasteiger partial charge >= 0.3 is 0 Å².